The molecule has 2 aromatic rings. The van der Waals surface area contributed by atoms with Crippen molar-refractivity contribution in [1.82, 2.24) is 5.32 Å². The monoisotopic (exact) mass is 890 g/mol. The van der Waals surface area contributed by atoms with Gasteiger partial charge in [0, 0.05) is 7.85 Å². The van der Waals surface area contributed by atoms with E-state index in [1.807, 2.05) is 42.5 Å². The predicted octanol–water partition coefficient (Wildman–Crippen LogP) is 10.2. The van der Waals surface area contributed by atoms with Crippen molar-refractivity contribution in [2.24, 2.45) is 57.2 Å². The lowest BCUT2D eigenvalue weighted by molar-refractivity contribution is -0.191. The van der Waals surface area contributed by atoms with Crippen molar-refractivity contribution in [3.05, 3.63) is 101 Å². The minimum absolute atomic E-state index is 0. The summed E-state index contributed by atoms with van der Waals surface area (Å²) in [7, 11) is 1.59. The van der Waals surface area contributed by atoms with Gasteiger partial charge in [0.05, 0.1) is 24.5 Å². The number of rotatable bonds is 12. The van der Waals surface area contributed by atoms with Crippen molar-refractivity contribution < 1.29 is 44.3 Å². The number of hydrogen-bond donors (Lipinski definition) is 1. The van der Waals surface area contributed by atoms with Crippen LogP contribution in [0, 0.1) is 57.2 Å². The maximum Gasteiger partial charge on any atom is 0.321 e. The van der Waals surface area contributed by atoms with Gasteiger partial charge in [0.25, 0.3) is 0 Å². The average Bonchev–Trinajstić information content (AvgIpc) is 3.57. The molecule has 350 valence electrons. The third-order valence-electron chi connectivity index (χ3n) is 17.9. The van der Waals surface area contributed by atoms with Crippen LogP contribution in [0.3, 0.4) is 0 Å². The molecule has 10 nitrogen and oxygen atoms in total. The Morgan fingerprint density at radius 3 is 2.11 bits per heavy atom. The van der Waals surface area contributed by atoms with E-state index in [1.54, 1.807) is 33.1 Å². The molecule has 6 aliphatic carbocycles. The molecule has 2 aromatic carbocycles. The number of methoxy groups -OCH3 is 1. The van der Waals surface area contributed by atoms with Gasteiger partial charge in [-0.25, -0.2) is 0 Å². The number of amides is 1. The molecule has 1 N–H and O–H groups in total. The second-order valence-corrected chi connectivity index (χ2v) is 21.8. The first-order chi connectivity index (χ1) is 30.7. The van der Waals surface area contributed by atoms with Crippen LogP contribution in [0.1, 0.15) is 125 Å². The van der Waals surface area contributed by atoms with Crippen molar-refractivity contribution in [2.75, 3.05) is 7.11 Å². The molecule has 10 heteroatoms. The van der Waals surface area contributed by atoms with Crippen LogP contribution in [0.25, 0.3) is 0 Å². The molecule has 0 saturated heterocycles. The Labute approximate surface area is 386 Å². The lowest BCUT2D eigenvalue weighted by Gasteiger charge is -2.70. The number of ketones is 1. The molecule has 0 radical (unpaired) electrons. The third kappa shape index (κ3) is 7.68. The minimum atomic E-state index is -1.49. The zero-order valence-electron chi connectivity index (χ0n) is 39.8. The average molecular weight is 890 g/mol. The smallest absolute Gasteiger partial charge is 0.321 e. The summed E-state index contributed by atoms with van der Waals surface area (Å²) in [6.45, 7) is 23.7. The molecule has 6 aliphatic rings. The maximum absolute atomic E-state index is 14.4. The largest absolute Gasteiger partial charge is 0.497 e. The maximum atomic E-state index is 14.4. The van der Waals surface area contributed by atoms with Gasteiger partial charge in [-0.2, -0.15) is 0 Å². The second-order valence-electron chi connectivity index (χ2n) is 21.8. The van der Waals surface area contributed by atoms with E-state index < -0.39 is 34.7 Å². The molecule has 0 aromatic heterocycles. The van der Waals surface area contributed by atoms with Gasteiger partial charge >= 0.3 is 17.9 Å². The second kappa shape index (κ2) is 17.0. The Hall–Kier alpha value is -4.99. The molecule has 1 amide bonds. The highest BCUT2D eigenvalue weighted by atomic mass is 16.5. The molecule has 65 heavy (non-hydrogen) atoms. The Morgan fingerprint density at radius 1 is 0.785 bits per heavy atom. The van der Waals surface area contributed by atoms with Crippen LogP contribution in [0.5, 0.6) is 5.75 Å². The van der Waals surface area contributed by atoms with Crippen molar-refractivity contribution in [3.8, 4) is 5.75 Å². The lowest BCUT2D eigenvalue weighted by Crippen LogP contribution is -2.66. The summed E-state index contributed by atoms with van der Waals surface area (Å²) in [5, 5.41) is 3.38. The van der Waals surface area contributed by atoms with Crippen molar-refractivity contribution in [2.45, 2.75) is 138 Å². The Balaban J connectivity index is 0.00000648. The molecule has 0 unspecified atom stereocenters. The Kier molecular flexibility index (Phi) is 12.2. The van der Waals surface area contributed by atoms with Gasteiger partial charge < -0.3 is 24.3 Å². The number of nitrogens with one attached hydrogen (secondary N) is 1. The van der Waals surface area contributed by atoms with Crippen LogP contribution in [0.15, 0.2) is 90.0 Å². The van der Waals surface area contributed by atoms with Gasteiger partial charge in [0.2, 0.25) is 5.91 Å². The molecule has 0 spiro atoms. The van der Waals surface area contributed by atoms with Crippen LogP contribution in [-0.2, 0) is 51.4 Å². The summed E-state index contributed by atoms with van der Waals surface area (Å²) in [6.07, 6.45) is 6.97. The van der Waals surface area contributed by atoms with E-state index in [0.29, 0.717) is 36.5 Å². The van der Waals surface area contributed by atoms with Gasteiger partial charge in [-0.05, 0) is 157 Å². The molecular formula is C55H71NO9. The summed E-state index contributed by atoms with van der Waals surface area (Å²) in [4.78, 5) is 68.7. The van der Waals surface area contributed by atoms with E-state index >= 15 is 0 Å². The van der Waals surface area contributed by atoms with E-state index in [1.165, 1.54) is 0 Å². The number of allylic oxidation sites excluding steroid dienone is 1. The summed E-state index contributed by atoms with van der Waals surface area (Å²) in [5.74, 6) is -1.36. The van der Waals surface area contributed by atoms with Gasteiger partial charge in [0.1, 0.15) is 30.5 Å². The molecule has 0 aliphatic heterocycles. The summed E-state index contributed by atoms with van der Waals surface area (Å²) < 4.78 is 22.8. The summed E-state index contributed by atoms with van der Waals surface area (Å²) >= 11 is 0. The first kappa shape index (κ1) is 46.5. The van der Waals surface area contributed by atoms with Crippen LogP contribution >= 0.6 is 0 Å². The summed E-state index contributed by atoms with van der Waals surface area (Å²) in [6, 6.07) is 16.8. The number of esters is 3. The normalized spacial score (nSPS) is 34.0. The Morgan fingerprint density at radius 2 is 1.45 bits per heavy atom. The SMILES string of the molecule is C=C1[C@H](C(=O)OCc2ccccc2)C[C@@H]1C(=O)O[C@H]1CC[C@]2(C)[C@H]3CC[C@@H]4C5=C(C(C)C)C(=O)C[C@]5(NC(=O)C(C)(C)C(=O)OCc5ccc(OC)cc5)CC[C@@]4(C)[C@]3(C)CC[C@H]2C1=C.[HH]. The van der Waals surface area contributed by atoms with E-state index in [2.05, 4.69) is 53.1 Å². The molecule has 0 heterocycles. The zero-order valence-corrected chi connectivity index (χ0v) is 39.8. The molecule has 8 rings (SSSR count). The van der Waals surface area contributed by atoms with Crippen LogP contribution in [0.4, 0.5) is 0 Å². The number of carbonyl (C=O) groups is 5. The number of benzene rings is 2. The van der Waals surface area contributed by atoms with Crippen LogP contribution in [-0.4, -0.2) is 48.4 Å². The highest BCUT2D eigenvalue weighted by Gasteiger charge is 2.69. The first-order valence-electron chi connectivity index (χ1n) is 23.9. The van der Waals surface area contributed by atoms with Crippen molar-refractivity contribution in [1.29, 1.82) is 0 Å². The standard InChI is InChI=1S/C55H69NO9.H2/c1-32(2)45-42(57)29-55(56-49(60)51(5,6)50(61)64-31-36-16-18-37(62-10)19-17-36)27-26-53(8)41(46(45)55)20-21-44-52(7)24-23-43(34(4)40(52)22-25-54(44,53)9)65-48(59)39-28-38(33(39)3)47(58)63-30-35-14-12-11-13-15-35;/h11-19,32,38-41,43-44H,3-4,20-31H2,1-2,5-10H3,(H,56,60);1H/t38-,39+,40+,41-,43+,44-,52+,53-,54-,55-;/m1./s1. The van der Waals surface area contributed by atoms with E-state index in [4.69, 9.17) is 18.9 Å². The van der Waals surface area contributed by atoms with E-state index in [9.17, 15) is 24.0 Å². The lowest BCUT2D eigenvalue weighted by atomic mass is 9.34. The van der Waals surface area contributed by atoms with Crippen LogP contribution < -0.4 is 10.1 Å². The molecule has 0 bridgehead atoms. The third-order valence-corrected chi connectivity index (χ3v) is 17.9. The number of Topliss-reactive ketones (excluding diaryl/α,β-unsaturated/α-hetero) is 1. The number of carbonyl (C=O) groups excluding carboxylic acids is 5. The Bertz CT molecular complexity index is 2320. The fraction of sp³-hybridized carbons (Fsp3) is 0.582. The number of fused-ring (bicyclic) bond motifs is 7. The van der Waals surface area contributed by atoms with Gasteiger partial charge in [0.15, 0.2) is 5.78 Å². The fourth-order valence-corrected chi connectivity index (χ4v) is 13.7. The van der Waals surface area contributed by atoms with E-state index in [0.717, 1.165) is 66.4 Å². The number of hydrogen-bond acceptors (Lipinski definition) is 9. The molecular weight excluding hydrogens is 819 g/mol. The predicted molar refractivity (Wildman–Crippen MR) is 249 cm³/mol. The molecule has 5 fully saturated rings. The van der Waals surface area contributed by atoms with Gasteiger partial charge in [-0.3, -0.25) is 24.0 Å². The van der Waals surface area contributed by atoms with Crippen LogP contribution in [0.2, 0.25) is 0 Å². The minimum Gasteiger partial charge on any atom is -0.497 e. The number of ether oxygens (including phenoxy) is 4. The highest BCUT2D eigenvalue weighted by molar-refractivity contribution is 6.05. The van der Waals surface area contributed by atoms with Crippen molar-refractivity contribution in [3.63, 3.8) is 0 Å². The molecule has 10 atom stereocenters. The molecule has 5 saturated carbocycles. The van der Waals surface area contributed by atoms with Gasteiger partial charge in [-0.1, -0.05) is 90.2 Å². The van der Waals surface area contributed by atoms with E-state index in [-0.39, 0.29) is 78.9 Å². The zero-order chi connectivity index (χ0) is 46.9. The van der Waals surface area contributed by atoms with Crippen molar-refractivity contribution >= 4 is 29.6 Å². The summed E-state index contributed by atoms with van der Waals surface area (Å²) in [5.41, 5.74) is 2.55. The first-order valence-corrected chi connectivity index (χ1v) is 23.9. The quantitative estimate of drug-likeness (QED) is 0.0957. The highest BCUT2D eigenvalue weighted by Crippen LogP contribution is 2.75. The van der Waals surface area contributed by atoms with Gasteiger partial charge in [-0.15, -0.1) is 0 Å². The fourth-order valence-electron chi connectivity index (χ4n) is 13.7. The topological polar surface area (TPSA) is 134 Å².